The molecule has 0 saturated heterocycles. The second-order valence-electron chi connectivity index (χ2n) is 4.08. The van der Waals surface area contributed by atoms with E-state index in [4.69, 9.17) is 0 Å². The first-order valence-corrected chi connectivity index (χ1v) is 6.54. The second-order valence-corrected chi connectivity index (χ2v) is 4.86. The summed E-state index contributed by atoms with van der Waals surface area (Å²) in [5, 5.41) is 7.93. The lowest BCUT2D eigenvalue weighted by molar-refractivity contribution is 0.495. The van der Waals surface area contributed by atoms with Gasteiger partial charge in [0.25, 0.3) is 0 Å². The number of benzene rings is 1. The van der Waals surface area contributed by atoms with Crippen molar-refractivity contribution in [1.29, 1.82) is 0 Å². The molecule has 2 rings (SSSR count). The lowest BCUT2D eigenvalue weighted by atomic mass is 10.1. The van der Waals surface area contributed by atoms with Crippen LogP contribution in [0.1, 0.15) is 37.1 Å². The van der Waals surface area contributed by atoms with Crippen LogP contribution < -0.4 is 5.32 Å². The van der Waals surface area contributed by atoms with Crippen molar-refractivity contribution in [2.24, 2.45) is 0 Å². The molecule has 0 amide bonds. The minimum Gasteiger partial charge on any atom is -0.304 e. The molecule has 1 nitrogen and oxygen atoms in total. The molecule has 0 saturated carbocycles. The van der Waals surface area contributed by atoms with Gasteiger partial charge in [-0.3, -0.25) is 0 Å². The maximum absolute atomic E-state index is 3.61. The van der Waals surface area contributed by atoms with E-state index in [1.165, 1.54) is 11.1 Å². The Morgan fingerprint density at radius 3 is 2.25 bits per heavy atom. The monoisotopic (exact) mass is 231 g/mol. The summed E-state index contributed by atoms with van der Waals surface area (Å²) in [6.45, 7) is 4.42. The molecule has 2 atom stereocenters. The number of nitrogens with one attached hydrogen (secondary N) is 1. The molecule has 2 heteroatoms. The van der Waals surface area contributed by atoms with Gasteiger partial charge < -0.3 is 5.32 Å². The number of hydrogen-bond acceptors (Lipinski definition) is 2. The van der Waals surface area contributed by atoms with Crippen LogP contribution in [0.25, 0.3) is 0 Å². The molecule has 84 valence electrons. The summed E-state index contributed by atoms with van der Waals surface area (Å²) >= 11 is 1.75. The van der Waals surface area contributed by atoms with Gasteiger partial charge in [-0.1, -0.05) is 30.3 Å². The van der Waals surface area contributed by atoms with Crippen molar-refractivity contribution in [3.8, 4) is 0 Å². The molecular formula is C14H17NS. The van der Waals surface area contributed by atoms with E-state index in [-0.39, 0.29) is 0 Å². The second kappa shape index (κ2) is 5.28. The maximum atomic E-state index is 3.61. The van der Waals surface area contributed by atoms with Gasteiger partial charge in [0, 0.05) is 12.1 Å². The third-order valence-electron chi connectivity index (χ3n) is 2.84. The number of thiophene rings is 1. The highest BCUT2D eigenvalue weighted by atomic mass is 32.1. The first-order valence-electron chi connectivity index (χ1n) is 5.60. The smallest absolute Gasteiger partial charge is 0.0305 e. The third-order valence-corrected chi connectivity index (χ3v) is 3.54. The summed E-state index contributed by atoms with van der Waals surface area (Å²) in [7, 11) is 0. The average molecular weight is 231 g/mol. The van der Waals surface area contributed by atoms with Crippen LogP contribution in [0.5, 0.6) is 0 Å². The molecule has 0 aliphatic carbocycles. The SMILES string of the molecule is CC(NC(C)c1ccsc1)c1ccccc1. The number of rotatable bonds is 4. The van der Waals surface area contributed by atoms with Crippen molar-refractivity contribution in [3.05, 3.63) is 58.3 Å². The molecule has 0 spiro atoms. The highest BCUT2D eigenvalue weighted by Gasteiger charge is 2.10. The molecule has 1 N–H and O–H groups in total. The van der Waals surface area contributed by atoms with Crippen molar-refractivity contribution in [2.45, 2.75) is 25.9 Å². The van der Waals surface area contributed by atoms with Crippen LogP contribution in [0.3, 0.4) is 0 Å². The van der Waals surface area contributed by atoms with Gasteiger partial charge in [-0.15, -0.1) is 0 Å². The van der Waals surface area contributed by atoms with Crippen LogP contribution >= 0.6 is 11.3 Å². The van der Waals surface area contributed by atoms with Crippen molar-refractivity contribution < 1.29 is 0 Å². The molecule has 2 unspecified atom stereocenters. The molecule has 0 bridgehead atoms. The Balaban J connectivity index is 2.00. The molecule has 0 radical (unpaired) electrons. The lowest BCUT2D eigenvalue weighted by Gasteiger charge is -2.19. The molecule has 0 fully saturated rings. The maximum Gasteiger partial charge on any atom is 0.0305 e. The molecule has 0 aliphatic heterocycles. The van der Waals surface area contributed by atoms with Gasteiger partial charge >= 0.3 is 0 Å². The van der Waals surface area contributed by atoms with E-state index in [2.05, 4.69) is 66.3 Å². The highest BCUT2D eigenvalue weighted by Crippen LogP contribution is 2.20. The largest absolute Gasteiger partial charge is 0.304 e. The minimum absolute atomic E-state index is 0.385. The van der Waals surface area contributed by atoms with E-state index in [9.17, 15) is 0 Å². The Kier molecular flexibility index (Phi) is 3.75. The van der Waals surface area contributed by atoms with Crippen molar-refractivity contribution in [1.82, 2.24) is 5.32 Å². The summed E-state index contributed by atoms with van der Waals surface area (Å²) in [5.74, 6) is 0. The van der Waals surface area contributed by atoms with Crippen molar-refractivity contribution >= 4 is 11.3 Å². The van der Waals surface area contributed by atoms with E-state index in [1.54, 1.807) is 11.3 Å². The van der Waals surface area contributed by atoms with E-state index in [1.807, 2.05) is 0 Å². The summed E-state index contributed by atoms with van der Waals surface area (Å²) < 4.78 is 0. The Hall–Kier alpha value is -1.12. The average Bonchev–Trinajstić information content (AvgIpc) is 2.83. The van der Waals surface area contributed by atoms with Gasteiger partial charge in [-0.25, -0.2) is 0 Å². The van der Waals surface area contributed by atoms with Crippen LogP contribution in [-0.2, 0) is 0 Å². The Bertz CT molecular complexity index is 408. The minimum atomic E-state index is 0.385. The first kappa shape index (κ1) is 11.4. The fourth-order valence-electron chi connectivity index (χ4n) is 1.83. The van der Waals surface area contributed by atoms with Gasteiger partial charge in [-0.05, 0) is 41.8 Å². The van der Waals surface area contributed by atoms with Crippen molar-refractivity contribution in [3.63, 3.8) is 0 Å². The molecule has 16 heavy (non-hydrogen) atoms. The molecule has 0 aliphatic rings. The quantitative estimate of drug-likeness (QED) is 0.833. The topological polar surface area (TPSA) is 12.0 Å². The predicted octanol–water partition coefficient (Wildman–Crippen LogP) is 4.16. The van der Waals surface area contributed by atoms with Gasteiger partial charge in [-0.2, -0.15) is 11.3 Å². The van der Waals surface area contributed by atoms with E-state index < -0.39 is 0 Å². The standard InChI is InChI=1S/C14H17NS/c1-11(13-6-4-3-5-7-13)15-12(2)14-8-9-16-10-14/h3-12,15H,1-2H3. The fraction of sp³-hybridized carbons (Fsp3) is 0.286. The fourth-order valence-corrected chi connectivity index (χ4v) is 2.58. The Labute approximate surface area is 101 Å². The molecule has 1 aromatic carbocycles. The van der Waals surface area contributed by atoms with E-state index in [0.29, 0.717) is 12.1 Å². The summed E-state index contributed by atoms with van der Waals surface area (Å²) in [6, 6.07) is 13.5. The van der Waals surface area contributed by atoms with E-state index in [0.717, 1.165) is 0 Å². The summed E-state index contributed by atoms with van der Waals surface area (Å²) in [6.07, 6.45) is 0. The van der Waals surface area contributed by atoms with Crippen LogP contribution in [-0.4, -0.2) is 0 Å². The van der Waals surface area contributed by atoms with Crippen molar-refractivity contribution in [2.75, 3.05) is 0 Å². The van der Waals surface area contributed by atoms with Gasteiger partial charge in [0.2, 0.25) is 0 Å². The Morgan fingerprint density at radius 1 is 0.938 bits per heavy atom. The normalized spacial score (nSPS) is 14.6. The molecule has 1 heterocycles. The first-order chi connectivity index (χ1) is 7.77. The highest BCUT2D eigenvalue weighted by molar-refractivity contribution is 7.07. The summed E-state index contributed by atoms with van der Waals surface area (Å²) in [5.41, 5.74) is 2.71. The third kappa shape index (κ3) is 2.71. The van der Waals surface area contributed by atoms with Crippen LogP contribution in [0.15, 0.2) is 47.2 Å². The van der Waals surface area contributed by atoms with Crippen LogP contribution in [0.2, 0.25) is 0 Å². The van der Waals surface area contributed by atoms with Gasteiger partial charge in [0.1, 0.15) is 0 Å². The van der Waals surface area contributed by atoms with Gasteiger partial charge in [0.15, 0.2) is 0 Å². The number of hydrogen-bond donors (Lipinski definition) is 1. The molecule has 1 aromatic heterocycles. The van der Waals surface area contributed by atoms with E-state index >= 15 is 0 Å². The van der Waals surface area contributed by atoms with Gasteiger partial charge in [0.05, 0.1) is 0 Å². The zero-order valence-electron chi connectivity index (χ0n) is 9.68. The zero-order chi connectivity index (χ0) is 11.4. The lowest BCUT2D eigenvalue weighted by Crippen LogP contribution is -2.21. The molecular weight excluding hydrogens is 214 g/mol. The summed E-state index contributed by atoms with van der Waals surface area (Å²) in [4.78, 5) is 0. The Morgan fingerprint density at radius 2 is 1.62 bits per heavy atom. The van der Waals surface area contributed by atoms with Crippen LogP contribution in [0, 0.1) is 0 Å². The van der Waals surface area contributed by atoms with Crippen LogP contribution in [0.4, 0.5) is 0 Å². The molecule has 2 aromatic rings. The zero-order valence-corrected chi connectivity index (χ0v) is 10.5. The predicted molar refractivity (Wildman–Crippen MR) is 70.7 cm³/mol.